The summed E-state index contributed by atoms with van der Waals surface area (Å²) in [5, 5.41) is 6.92. The van der Waals surface area contributed by atoms with Gasteiger partial charge in [0.25, 0.3) is 5.91 Å². The number of nitrogens with zero attached hydrogens (tertiary/aromatic N) is 2. The third-order valence-corrected chi connectivity index (χ3v) is 6.13. The molecule has 3 heterocycles. The minimum absolute atomic E-state index is 0.0557. The van der Waals surface area contributed by atoms with Crippen LogP contribution in [0.4, 0.5) is 0 Å². The number of nitrogens with one attached hydrogen (secondary N) is 2. The maximum Gasteiger partial charge on any atom is 0.340 e. The number of aryl methyl sites for hydroxylation is 3. The smallest absolute Gasteiger partial charge is 0.340 e. The summed E-state index contributed by atoms with van der Waals surface area (Å²) in [7, 11) is 0. The molecule has 3 rings (SSSR count). The van der Waals surface area contributed by atoms with Crippen molar-refractivity contribution in [3.05, 3.63) is 39.5 Å². The van der Waals surface area contributed by atoms with E-state index < -0.39 is 5.97 Å². The van der Waals surface area contributed by atoms with Crippen LogP contribution in [-0.2, 0) is 16.0 Å². The van der Waals surface area contributed by atoms with Gasteiger partial charge < -0.3 is 24.5 Å². The third-order valence-electron chi connectivity index (χ3n) is 6.13. The number of rotatable bonds is 7. The van der Waals surface area contributed by atoms with Gasteiger partial charge in [0.15, 0.2) is 0 Å². The van der Waals surface area contributed by atoms with Gasteiger partial charge >= 0.3 is 5.97 Å². The first kappa shape index (κ1) is 24.5. The first-order valence-electron chi connectivity index (χ1n) is 11.5. The number of H-pyrrole nitrogens is 1. The van der Waals surface area contributed by atoms with Gasteiger partial charge in [-0.15, -0.1) is 0 Å². The van der Waals surface area contributed by atoms with Gasteiger partial charge in [-0.25, -0.2) is 4.79 Å². The van der Waals surface area contributed by atoms with E-state index in [9.17, 15) is 14.4 Å². The van der Waals surface area contributed by atoms with Crippen molar-refractivity contribution in [3.63, 3.8) is 0 Å². The Hall–Kier alpha value is -3.10. The van der Waals surface area contributed by atoms with E-state index in [1.54, 1.807) is 32.6 Å². The molecule has 33 heavy (non-hydrogen) atoms. The lowest BCUT2D eigenvalue weighted by atomic mass is 9.96. The second kappa shape index (κ2) is 10.2. The zero-order chi connectivity index (χ0) is 24.3. The Morgan fingerprint density at radius 3 is 2.61 bits per heavy atom. The molecule has 0 saturated carbocycles. The van der Waals surface area contributed by atoms with Crippen LogP contribution in [0.3, 0.4) is 0 Å². The number of piperidine rings is 1. The van der Waals surface area contributed by atoms with E-state index in [1.165, 1.54) is 0 Å². The number of hydrogen-bond acceptors (Lipinski definition) is 6. The Kier molecular flexibility index (Phi) is 7.61. The van der Waals surface area contributed by atoms with Crippen LogP contribution in [0.1, 0.15) is 75.8 Å². The van der Waals surface area contributed by atoms with E-state index in [0.717, 1.165) is 29.9 Å². The van der Waals surface area contributed by atoms with Crippen LogP contribution in [-0.4, -0.2) is 58.6 Å². The van der Waals surface area contributed by atoms with Crippen LogP contribution in [0.5, 0.6) is 0 Å². The van der Waals surface area contributed by atoms with Crippen molar-refractivity contribution >= 4 is 17.8 Å². The molecule has 2 amide bonds. The maximum absolute atomic E-state index is 13.2. The molecule has 9 heteroatoms. The molecule has 2 N–H and O–H groups in total. The average Bonchev–Trinajstić information content (AvgIpc) is 3.24. The molecular weight excluding hydrogens is 424 g/mol. The number of aromatic amines is 1. The lowest BCUT2D eigenvalue weighted by molar-refractivity contribution is -0.126. The van der Waals surface area contributed by atoms with Crippen molar-refractivity contribution in [3.8, 4) is 0 Å². The van der Waals surface area contributed by atoms with Crippen LogP contribution in [0, 0.1) is 33.6 Å². The van der Waals surface area contributed by atoms with Gasteiger partial charge in [0.2, 0.25) is 5.91 Å². The summed E-state index contributed by atoms with van der Waals surface area (Å²) in [6.07, 6.45) is 1.88. The zero-order valence-corrected chi connectivity index (χ0v) is 20.3. The average molecular weight is 459 g/mol. The van der Waals surface area contributed by atoms with E-state index in [1.807, 2.05) is 13.8 Å². The van der Waals surface area contributed by atoms with E-state index in [4.69, 9.17) is 9.26 Å². The van der Waals surface area contributed by atoms with Gasteiger partial charge in [-0.2, -0.15) is 0 Å². The molecule has 0 spiro atoms. The van der Waals surface area contributed by atoms with Crippen LogP contribution in [0.15, 0.2) is 4.52 Å². The number of amides is 2. The van der Waals surface area contributed by atoms with E-state index in [-0.39, 0.29) is 23.8 Å². The van der Waals surface area contributed by atoms with Gasteiger partial charge in [0.1, 0.15) is 11.5 Å². The monoisotopic (exact) mass is 458 g/mol. The standard InChI is InChI=1S/C24H34N4O5/c1-13(2)32-24(31)20-14(3)21(26-16(20)5)23(30)28-11-7-8-18(12-28)22(29)25-10-9-19-15(4)27-33-17(19)6/h13,18,26H,7-12H2,1-6H3,(H,25,29)/t18-/m0/s1. The van der Waals surface area contributed by atoms with Gasteiger partial charge in [0.05, 0.1) is 23.3 Å². The van der Waals surface area contributed by atoms with Crippen LogP contribution in [0.25, 0.3) is 0 Å². The zero-order valence-electron chi connectivity index (χ0n) is 20.3. The second-order valence-corrected chi connectivity index (χ2v) is 9.01. The fourth-order valence-electron chi connectivity index (χ4n) is 4.39. The Morgan fingerprint density at radius 1 is 1.24 bits per heavy atom. The lowest BCUT2D eigenvalue weighted by Crippen LogP contribution is -2.46. The molecule has 1 aliphatic rings. The molecule has 1 aliphatic heterocycles. The van der Waals surface area contributed by atoms with E-state index in [0.29, 0.717) is 48.6 Å². The molecule has 9 nitrogen and oxygen atoms in total. The van der Waals surface area contributed by atoms with Crippen molar-refractivity contribution in [2.24, 2.45) is 5.92 Å². The maximum atomic E-state index is 13.2. The van der Waals surface area contributed by atoms with Crippen molar-refractivity contribution in [2.75, 3.05) is 19.6 Å². The number of carbonyl (C=O) groups excluding carboxylic acids is 3. The summed E-state index contributed by atoms with van der Waals surface area (Å²) < 4.78 is 10.5. The normalized spacial score (nSPS) is 16.2. The van der Waals surface area contributed by atoms with Crippen molar-refractivity contribution in [1.82, 2.24) is 20.4 Å². The molecular formula is C24H34N4O5. The van der Waals surface area contributed by atoms with Gasteiger partial charge in [-0.05, 0) is 66.4 Å². The molecule has 2 aromatic heterocycles. The molecule has 0 unspecified atom stereocenters. The minimum atomic E-state index is -0.440. The summed E-state index contributed by atoms with van der Waals surface area (Å²) in [6.45, 7) is 12.2. The topological polar surface area (TPSA) is 118 Å². The summed E-state index contributed by atoms with van der Waals surface area (Å²) in [5.41, 5.74) is 3.81. The van der Waals surface area contributed by atoms with Crippen molar-refractivity contribution in [1.29, 1.82) is 0 Å². The molecule has 1 saturated heterocycles. The molecule has 0 aliphatic carbocycles. The number of carbonyl (C=O) groups is 3. The van der Waals surface area contributed by atoms with Crippen LogP contribution >= 0.6 is 0 Å². The number of esters is 1. The first-order valence-corrected chi connectivity index (χ1v) is 11.5. The quantitative estimate of drug-likeness (QED) is 0.616. The number of ether oxygens (including phenoxy) is 1. The number of aromatic nitrogens is 2. The number of hydrogen-bond donors (Lipinski definition) is 2. The Bertz CT molecular complexity index is 1020. The fourth-order valence-corrected chi connectivity index (χ4v) is 4.39. The second-order valence-electron chi connectivity index (χ2n) is 9.01. The molecule has 0 bridgehead atoms. The minimum Gasteiger partial charge on any atom is -0.459 e. The fraction of sp³-hybridized carbons (Fsp3) is 0.583. The Morgan fingerprint density at radius 2 is 1.97 bits per heavy atom. The third kappa shape index (κ3) is 5.46. The molecule has 0 radical (unpaired) electrons. The summed E-state index contributed by atoms with van der Waals surface area (Å²) in [6, 6.07) is 0. The highest BCUT2D eigenvalue weighted by Crippen LogP contribution is 2.24. The Balaban J connectivity index is 1.62. The largest absolute Gasteiger partial charge is 0.459 e. The van der Waals surface area contributed by atoms with Crippen LogP contribution < -0.4 is 5.32 Å². The molecule has 0 aromatic carbocycles. The lowest BCUT2D eigenvalue weighted by Gasteiger charge is -2.32. The van der Waals surface area contributed by atoms with Crippen molar-refractivity contribution < 1.29 is 23.6 Å². The predicted octanol–water partition coefficient (Wildman–Crippen LogP) is 3.01. The summed E-state index contributed by atoms with van der Waals surface area (Å²) in [4.78, 5) is 43.2. The molecule has 1 fully saturated rings. The van der Waals surface area contributed by atoms with E-state index in [2.05, 4.69) is 15.5 Å². The number of likely N-dealkylation sites (tertiary alicyclic amines) is 1. The molecule has 2 aromatic rings. The highest BCUT2D eigenvalue weighted by Gasteiger charge is 2.32. The van der Waals surface area contributed by atoms with Crippen molar-refractivity contribution in [2.45, 2.75) is 66.9 Å². The first-order chi connectivity index (χ1) is 15.6. The summed E-state index contributed by atoms with van der Waals surface area (Å²) in [5.74, 6) is -0.199. The van der Waals surface area contributed by atoms with E-state index >= 15 is 0 Å². The van der Waals surface area contributed by atoms with Crippen LogP contribution in [0.2, 0.25) is 0 Å². The summed E-state index contributed by atoms with van der Waals surface area (Å²) >= 11 is 0. The highest BCUT2D eigenvalue weighted by molar-refractivity contribution is 6.00. The molecule has 1 atom stereocenters. The Labute approximate surface area is 194 Å². The SMILES string of the molecule is Cc1noc(C)c1CCNC(=O)[C@H]1CCCN(C(=O)c2[nH]c(C)c(C(=O)OC(C)C)c2C)C1. The molecule has 180 valence electrons. The van der Waals surface area contributed by atoms with Gasteiger partial charge in [-0.3, -0.25) is 9.59 Å². The van der Waals surface area contributed by atoms with Gasteiger partial charge in [0, 0.05) is 30.9 Å². The van der Waals surface area contributed by atoms with Gasteiger partial charge in [-0.1, -0.05) is 5.16 Å². The highest BCUT2D eigenvalue weighted by atomic mass is 16.5. The predicted molar refractivity (Wildman–Crippen MR) is 122 cm³/mol.